The van der Waals surface area contributed by atoms with E-state index in [2.05, 4.69) is 41.4 Å². The van der Waals surface area contributed by atoms with Gasteiger partial charge in [-0.3, -0.25) is 0 Å². The van der Waals surface area contributed by atoms with Gasteiger partial charge >= 0.3 is 0 Å². The van der Waals surface area contributed by atoms with E-state index in [1.807, 2.05) is 35.0 Å². The Morgan fingerprint density at radius 1 is 1.06 bits per heavy atom. The topological polar surface area (TPSA) is 45.5 Å². The summed E-state index contributed by atoms with van der Waals surface area (Å²) in [7, 11) is 1.68. The molecule has 0 spiro atoms. The van der Waals surface area contributed by atoms with Crippen molar-refractivity contribution in [2.75, 3.05) is 13.7 Å². The normalized spacial score (nSPS) is 21.0. The zero-order chi connectivity index (χ0) is 23.5. The maximum Gasteiger partial charge on any atom is 0.215 e. The van der Waals surface area contributed by atoms with Crippen molar-refractivity contribution in [2.24, 2.45) is 0 Å². The number of ether oxygens (including phenoxy) is 3. The van der Waals surface area contributed by atoms with Gasteiger partial charge in [-0.15, -0.1) is 0 Å². The number of aromatic nitrogens is 2. The van der Waals surface area contributed by atoms with E-state index in [1.54, 1.807) is 31.8 Å². The van der Waals surface area contributed by atoms with E-state index in [0.717, 1.165) is 11.1 Å². The molecule has 1 saturated heterocycles. The van der Waals surface area contributed by atoms with Crippen molar-refractivity contribution in [1.82, 2.24) is 9.55 Å². The summed E-state index contributed by atoms with van der Waals surface area (Å²) in [6.07, 6.45) is 4.64. The minimum atomic E-state index is -1.10. The second-order valence-corrected chi connectivity index (χ2v) is 9.07. The second kappa shape index (κ2) is 9.90. The Hall–Kier alpha value is -2.67. The van der Waals surface area contributed by atoms with Crippen molar-refractivity contribution in [3.05, 3.63) is 113 Å². The van der Waals surface area contributed by atoms with Crippen LogP contribution in [-0.2, 0) is 26.5 Å². The van der Waals surface area contributed by atoms with Gasteiger partial charge in [-0.25, -0.2) is 4.98 Å². The van der Waals surface area contributed by atoms with Crippen LogP contribution in [0, 0.1) is 0 Å². The molecule has 1 fully saturated rings. The first kappa shape index (κ1) is 23.1. The summed E-state index contributed by atoms with van der Waals surface area (Å²) in [5.74, 6) is -1.10. The van der Waals surface area contributed by atoms with Crippen LogP contribution in [0.2, 0.25) is 10.0 Å². The Morgan fingerprint density at radius 3 is 2.50 bits per heavy atom. The maximum absolute atomic E-state index is 6.63. The molecule has 4 aromatic rings. The summed E-state index contributed by atoms with van der Waals surface area (Å²) in [4.78, 5) is 4.15. The first-order valence-electron chi connectivity index (χ1n) is 11.0. The van der Waals surface area contributed by atoms with Crippen molar-refractivity contribution in [2.45, 2.75) is 24.5 Å². The molecular weight excluding hydrogens is 471 g/mol. The molecule has 5 rings (SSSR count). The SMILES string of the molecule is COC(c1ccc(-c2ccccc2)cc1)[C@@H]1CO[C@@](Cn2ccnc2)(c2ccc(Cl)cc2Cl)O1. The molecule has 1 aliphatic heterocycles. The molecule has 1 aliphatic rings. The number of halogens is 2. The van der Waals surface area contributed by atoms with Crippen molar-refractivity contribution >= 4 is 23.2 Å². The number of nitrogens with zero attached hydrogens (tertiary/aromatic N) is 2. The lowest BCUT2D eigenvalue weighted by atomic mass is 9.99. The molecule has 5 nitrogen and oxygen atoms in total. The molecule has 1 aromatic heterocycles. The van der Waals surface area contributed by atoms with Gasteiger partial charge in [-0.2, -0.15) is 0 Å². The van der Waals surface area contributed by atoms with Crippen LogP contribution in [0.4, 0.5) is 0 Å². The Bertz CT molecular complexity index is 1230. The van der Waals surface area contributed by atoms with E-state index in [9.17, 15) is 0 Å². The predicted octanol–water partition coefficient (Wildman–Crippen LogP) is 6.51. The summed E-state index contributed by atoms with van der Waals surface area (Å²) in [6.45, 7) is 0.723. The van der Waals surface area contributed by atoms with Crippen molar-refractivity contribution in [3.8, 4) is 11.1 Å². The van der Waals surface area contributed by atoms with Crippen LogP contribution in [0.15, 0.2) is 91.5 Å². The smallest absolute Gasteiger partial charge is 0.215 e. The number of rotatable bonds is 7. The van der Waals surface area contributed by atoms with Gasteiger partial charge in [0.05, 0.1) is 24.5 Å². The van der Waals surface area contributed by atoms with E-state index in [0.29, 0.717) is 28.8 Å². The third-order valence-electron chi connectivity index (χ3n) is 6.05. The van der Waals surface area contributed by atoms with E-state index in [1.165, 1.54) is 5.56 Å². The maximum atomic E-state index is 6.63. The van der Waals surface area contributed by atoms with Crippen molar-refractivity contribution in [3.63, 3.8) is 0 Å². The molecule has 7 heteroatoms. The Kier molecular flexibility index (Phi) is 6.73. The predicted molar refractivity (Wildman–Crippen MR) is 133 cm³/mol. The van der Waals surface area contributed by atoms with Gasteiger partial charge in [0.1, 0.15) is 12.2 Å². The van der Waals surface area contributed by atoms with Crippen LogP contribution in [0.1, 0.15) is 17.2 Å². The number of methoxy groups -OCH3 is 1. The summed E-state index contributed by atoms with van der Waals surface area (Å²) < 4.78 is 20.8. The third kappa shape index (κ3) is 4.63. The van der Waals surface area contributed by atoms with Gasteiger partial charge in [0, 0.05) is 30.1 Å². The zero-order valence-electron chi connectivity index (χ0n) is 18.6. The van der Waals surface area contributed by atoms with Gasteiger partial charge in [-0.05, 0) is 28.8 Å². The molecule has 0 saturated carbocycles. The Morgan fingerprint density at radius 2 is 1.82 bits per heavy atom. The van der Waals surface area contributed by atoms with Gasteiger partial charge in [0.2, 0.25) is 5.79 Å². The van der Waals surface area contributed by atoms with E-state index in [4.69, 9.17) is 37.4 Å². The fourth-order valence-corrected chi connectivity index (χ4v) is 4.96. The summed E-state index contributed by atoms with van der Waals surface area (Å²) in [6, 6.07) is 23.9. The van der Waals surface area contributed by atoms with Gasteiger partial charge in [-0.1, -0.05) is 83.9 Å². The molecule has 0 N–H and O–H groups in total. The standard InChI is InChI=1S/C27H24Cl2N2O3/c1-32-26(21-9-7-20(8-10-21)19-5-3-2-4-6-19)25-16-33-27(34-25,17-31-14-13-30-18-31)23-12-11-22(28)15-24(23)29/h2-15,18,25-26H,16-17H2,1H3/t25-,26?,27+/m0/s1. The van der Waals surface area contributed by atoms with Crippen LogP contribution in [-0.4, -0.2) is 29.4 Å². The van der Waals surface area contributed by atoms with Crippen molar-refractivity contribution < 1.29 is 14.2 Å². The fraction of sp³-hybridized carbons (Fsp3) is 0.222. The average molecular weight is 495 g/mol. The highest BCUT2D eigenvalue weighted by molar-refractivity contribution is 6.35. The van der Waals surface area contributed by atoms with Crippen molar-refractivity contribution in [1.29, 1.82) is 0 Å². The van der Waals surface area contributed by atoms with Crippen LogP contribution < -0.4 is 0 Å². The molecule has 1 unspecified atom stereocenters. The lowest BCUT2D eigenvalue weighted by Crippen LogP contribution is -2.34. The van der Waals surface area contributed by atoms with Crippen LogP contribution in [0.5, 0.6) is 0 Å². The van der Waals surface area contributed by atoms with Crippen LogP contribution in [0.25, 0.3) is 11.1 Å². The molecule has 0 bridgehead atoms. The molecule has 34 heavy (non-hydrogen) atoms. The third-order valence-corrected chi connectivity index (χ3v) is 6.60. The minimum Gasteiger partial charge on any atom is -0.374 e. The first-order chi connectivity index (χ1) is 16.6. The highest BCUT2D eigenvalue weighted by atomic mass is 35.5. The van der Waals surface area contributed by atoms with E-state index < -0.39 is 5.79 Å². The quantitative estimate of drug-likeness (QED) is 0.293. The number of hydrogen-bond acceptors (Lipinski definition) is 4. The molecule has 0 amide bonds. The summed E-state index contributed by atoms with van der Waals surface area (Å²) in [5.41, 5.74) is 4.03. The molecular formula is C27H24Cl2N2O3. The van der Waals surface area contributed by atoms with Crippen LogP contribution in [0.3, 0.4) is 0 Å². The van der Waals surface area contributed by atoms with E-state index >= 15 is 0 Å². The van der Waals surface area contributed by atoms with Crippen LogP contribution >= 0.6 is 23.2 Å². The second-order valence-electron chi connectivity index (χ2n) is 8.22. The first-order valence-corrected chi connectivity index (χ1v) is 11.7. The fourth-order valence-electron chi connectivity index (χ4n) is 4.41. The zero-order valence-corrected chi connectivity index (χ0v) is 20.1. The molecule has 0 radical (unpaired) electrons. The summed E-state index contributed by atoms with van der Waals surface area (Å²) >= 11 is 12.7. The van der Waals surface area contributed by atoms with Gasteiger partial charge in [0.25, 0.3) is 0 Å². The Balaban J connectivity index is 1.43. The lowest BCUT2D eigenvalue weighted by Gasteiger charge is -2.31. The summed E-state index contributed by atoms with van der Waals surface area (Å²) in [5, 5.41) is 1.03. The average Bonchev–Trinajstić information content (AvgIpc) is 3.52. The number of hydrogen-bond donors (Lipinski definition) is 0. The molecule has 2 heterocycles. The van der Waals surface area contributed by atoms with E-state index in [-0.39, 0.29) is 12.2 Å². The van der Waals surface area contributed by atoms with Gasteiger partial charge in [0.15, 0.2) is 0 Å². The Labute approximate surface area is 208 Å². The molecule has 174 valence electrons. The molecule has 3 atom stereocenters. The molecule has 3 aromatic carbocycles. The number of imidazole rings is 1. The largest absolute Gasteiger partial charge is 0.374 e. The highest BCUT2D eigenvalue weighted by Crippen LogP contribution is 2.43. The monoisotopic (exact) mass is 494 g/mol. The minimum absolute atomic E-state index is 0.319. The lowest BCUT2D eigenvalue weighted by molar-refractivity contribution is -0.198. The highest BCUT2D eigenvalue weighted by Gasteiger charge is 2.47. The van der Waals surface area contributed by atoms with Gasteiger partial charge < -0.3 is 18.8 Å². The number of benzene rings is 3. The molecule has 0 aliphatic carbocycles.